The molecule has 0 atom stereocenters. The third-order valence-corrected chi connectivity index (χ3v) is 19.5. The van der Waals surface area contributed by atoms with E-state index in [0.29, 0.717) is 16.7 Å². The van der Waals surface area contributed by atoms with E-state index in [-0.39, 0.29) is 72.5 Å². The van der Waals surface area contributed by atoms with Gasteiger partial charge in [-0.05, 0) is 199 Å². The number of thiocarbonyl (C=S) groups is 3. The number of barbiturate groups is 4. The van der Waals surface area contributed by atoms with Gasteiger partial charge in [0.2, 0.25) is 0 Å². The van der Waals surface area contributed by atoms with Gasteiger partial charge in [-0.1, -0.05) is 206 Å². The van der Waals surface area contributed by atoms with Crippen molar-refractivity contribution in [3.63, 3.8) is 0 Å². The Hall–Kier alpha value is -18.6. The number of nitrogens with one attached hydrogen (secondary N) is 13. The Morgan fingerprint density at radius 1 is 0.321 bits per heavy atom. The molecule has 35 nitrogen and oxygen atoms in total. The van der Waals surface area contributed by atoms with Crippen LogP contribution in [0.2, 0.25) is 0 Å². The lowest BCUT2D eigenvalue weighted by atomic mass is 10.1. The zero-order chi connectivity index (χ0) is 102. The number of benzene rings is 7. The highest BCUT2D eigenvalue weighted by molar-refractivity contribution is 7.80. The molecular weight excluding hydrogens is 1860 g/mol. The fraction of sp³-hybridized carbons (Fsp3) is 0.0800. The average molecular weight is 1950 g/mol. The number of imide groups is 8. The summed E-state index contributed by atoms with van der Waals surface area (Å²) in [6.07, 6.45) is 32.8. The van der Waals surface area contributed by atoms with Crippen molar-refractivity contribution in [3.05, 3.63) is 361 Å². The minimum absolute atomic E-state index is 0.0127. The van der Waals surface area contributed by atoms with Crippen LogP contribution in [0.4, 0.5) is 39.3 Å². The number of amides is 22. The van der Waals surface area contributed by atoms with Crippen molar-refractivity contribution in [1.29, 1.82) is 5.26 Å². The van der Waals surface area contributed by atoms with E-state index in [1.165, 1.54) is 90.6 Å². The van der Waals surface area contributed by atoms with Crippen molar-refractivity contribution in [1.82, 2.24) is 74.0 Å². The molecule has 7 aromatic carbocycles. The van der Waals surface area contributed by atoms with Gasteiger partial charge in [0, 0.05) is 46.1 Å². The molecular formula is C100H85F2N17O18S3. The number of rotatable bonds is 17. The second-order valence-electron chi connectivity index (χ2n) is 29.4. The van der Waals surface area contributed by atoms with E-state index >= 15 is 0 Å². The molecule has 0 spiro atoms. The number of nitriles is 1. The van der Waals surface area contributed by atoms with Crippen LogP contribution in [0.25, 0.3) is 42.5 Å². The number of para-hydroxylation sites is 1. The Morgan fingerprint density at radius 3 is 0.979 bits per heavy atom. The van der Waals surface area contributed by atoms with Gasteiger partial charge in [0.1, 0.15) is 50.6 Å². The summed E-state index contributed by atoms with van der Waals surface area (Å²) < 4.78 is 25.6. The summed E-state index contributed by atoms with van der Waals surface area (Å²) in [5.41, 5.74) is 10.6. The third kappa shape index (κ3) is 33.5. The third-order valence-electron chi connectivity index (χ3n) is 18.8. The van der Waals surface area contributed by atoms with Crippen LogP contribution in [-0.4, -0.2) is 162 Å². The summed E-state index contributed by atoms with van der Waals surface area (Å²) >= 11 is 14.1. The monoisotopic (exact) mass is 1950 g/mol. The van der Waals surface area contributed by atoms with Gasteiger partial charge in [-0.2, -0.15) is 5.26 Å². The number of nitrogens with zero attached hydrogens (tertiary/aromatic N) is 4. The summed E-state index contributed by atoms with van der Waals surface area (Å²) in [5.74, 6) is -9.36. The summed E-state index contributed by atoms with van der Waals surface area (Å²) in [7, 11) is 7.82. The highest BCUT2D eigenvalue weighted by atomic mass is 32.1. The molecule has 0 unspecified atom stereocenters. The summed E-state index contributed by atoms with van der Waals surface area (Å²) in [5, 5.41) is 36.9. The Bertz CT molecular complexity index is 6470. The van der Waals surface area contributed by atoms with Gasteiger partial charge in [0.05, 0.1) is 11.6 Å². The van der Waals surface area contributed by atoms with Gasteiger partial charge in [-0.15, -0.1) is 0 Å². The van der Waals surface area contributed by atoms with Crippen molar-refractivity contribution in [3.8, 4) is 6.07 Å². The Balaban J connectivity index is 0.000000200. The summed E-state index contributed by atoms with van der Waals surface area (Å²) in [6, 6.07) is 48.6. The molecule has 7 aromatic rings. The number of carbonyl (C=O) groups is 18. The van der Waals surface area contributed by atoms with E-state index in [1.807, 2.05) is 205 Å². The van der Waals surface area contributed by atoms with Crippen molar-refractivity contribution in [2.24, 2.45) is 0 Å². The highest BCUT2D eigenvalue weighted by Gasteiger charge is 2.35. The lowest BCUT2D eigenvalue weighted by Crippen LogP contribution is -2.53. The Labute approximate surface area is 814 Å². The first-order chi connectivity index (χ1) is 66.8. The minimum Gasteiger partial charge on any atom is -0.378 e. The molecule has 0 radical (unpaired) electrons. The fourth-order valence-electron chi connectivity index (χ4n) is 11.8. The van der Waals surface area contributed by atoms with E-state index in [2.05, 4.69) is 49.4 Å². The Morgan fingerprint density at radius 2 is 0.629 bits per heavy atom. The molecule has 14 rings (SSSR count). The lowest BCUT2D eigenvalue weighted by molar-refractivity contribution is -0.131. The molecule has 0 bridgehead atoms. The molecule has 7 fully saturated rings. The number of aryl methyl sites for hydroxylation is 2. The molecule has 13 N–H and O–H groups in total. The smallest absolute Gasteiger partial charge is 0.331 e. The van der Waals surface area contributed by atoms with Gasteiger partial charge in [0.25, 0.3) is 82.7 Å². The zero-order valence-electron chi connectivity index (χ0n) is 75.1. The molecule has 0 aliphatic carbocycles. The largest absolute Gasteiger partial charge is 0.378 e. The van der Waals surface area contributed by atoms with Crippen LogP contribution in [0.1, 0.15) is 62.6 Å². The molecule has 40 heteroatoms. The van der Waals surface area contributed by atoms with Crippen LogP contribution in [0.15, 0.2) is 294 Å². The average Bonchev–Trinajstić information content (AvgIpc) is 0.813. The number of likely N-dealkylation sites (N-methyl/N-ethyl adjacent to an activating group) is 1. The van der Waals surface area contributed by atoms with Gasteiger partial charge in [-0.3, -0.25) is 141 Å². The fourth-order valence-corrected chi connectivity index (χ4v) is 12.3. The van der Waals surface area contributed by atoms with Gasteiger partial charge < -0.3 is 9.80 Å². The number of hydrogen-bond acceptors (Lipinski definition) is 24. The highest BCUT2D eigenvalue weighted by Crippen LogP contribution is 2.22. The standard InChI is InChI=1S/C16H16N2O3.C15H15N3O3.C15H15N3O2S.C14H9N3O3.C14H12N2O2S.C13H9FN2O3.C13H9FN2O2S/c1-3-18-15(20)13(14(19)17-16(18)21)10-6-9-12-8-5-4-7-11(12)2;1-18(2)11-8-6-10(7-9-11)4-3-5-12-13(19)16-15(21)17-14(12)20;1-18(2)12-9-4-3-6-10(12)7-5-8-11-13(19)16-15(21)17-14(11)20;15-8-10-6-4-9(5-7-10)2-1-3-11-12(18)16-14(20)17-13(11)19;1-9-5-7-10(8-6-9)3-2-4-11-12(17)15-14(19)16-13(11)18;14-9-6-4-8(5-7-9)2-1-3-10-11(17)15-13(19)16-12(10)18;14-9-5-1-3-8(7-9)4-2-6-10-11(17)15-13(19)16-12(10)18/h4-10H,3H2,1-2H3,(H,17,19,21);2*3-9H,1-2H3,(H2,16,17,19,20,21);1-7H,(H2,16,17,18,19,20);2-8H,1H3,(H2,15,16,17,18,19);2*1-7H,(H2,15,16,17,18,19)/b9-6+,13-10+;4-3+;7-5+;2-1+;3-2+;2-1+;4-2+. The second kappa shape index (κ2) is 52.7. The van der Waals surface area contributed by atoms with E-state index in [9.17, 15) is 95.1 Å². The summed E-state index contributed by atoms with van der Waals surface area (Å²) in [6.45, 7) is 5.88. The molecule has 140 heavy (non-hydrogen) atoms. The quantitative estimate of drug-likeness (QED) is 0.0229. The Kier molecular flexibility index (Phi) is 40.2. The van der Waals surface area contributed by atoms with Gasteiger partial charge >= 0.3 is 24.1 Å². The van der Waals surface area contributed by atoms with Crippen LogP contribution >= 0.6 is 36.7 Å². The molecule has 7 saturated heterocycles. The number of allylic oxidation sites excluding steroid dienone is 14. The topological polar surface area (TPSA) is 497 Å². The van der Waals surface area contributed by atoms with Crippen LogP contribution in [-0.2, 0) is 67.1 Å². The molecule has 7 aliphatic rings. The first-order valence-corrected chi connectivity index (χ1v) is 42.5. The number of urea groups is 4. The van der Waals surface area contributed by atoms with Gasteiger partial charge in [-0.25, -0.2) is 28.0 Å². The van der Waals surface area contributed by atoms with E-state index in [4.69, 9.17) is 29.7 Å². The number of halogens is 2. The maximum Gasteiger partial charge on any atom is 0.331 e. The number of carbonyl (C=O) groups excluding carboxylic acids is 18. The number of anilines is 2. The number of hydrogen-bond donors (Lipinski definition) is 13. The molecule has 0 saturated carbocycles. The first-order valence-electron chi connectivity index (χ1n) is 41.3. The predicted molar refractivity (Wildman–Crippen MR) is 530 cm³/mol. The maximum absolute atomic E-state index is 12.9. The lowest BCUT2D eigenvalue weighted by Gasteiger charge is -2.24. The second-order valence-corrected chi connectivity index (χ2v) is 30.6. The van der Waals surface area contributed by atoms with Crippen LogP contribution < -0.4 is 78.9 Å². The van der Waals surface area contributed by atoms with E-state index in [0.717, 1.165) is 49.7 Å². The summed E-state index contributed by atoms with van der Waals surface area (Å²) in [4.78, 5) is 211. The molecule has 22 amide bonds. The van der Waals surface area contributed by atoms with Crippen molar-refractivity contribution >= 4 is 213 Å². The molecule has 7 heterocycles. The molecule has 710 valence electrons. The zero-order valence-corrected chi connectivity index (χ0v) is 77.6. The maximum atomic E-state index is 12.9. The SMILES string of the molecule is CCN1C(=O)NC(=O)/C(=C\C=C\c2ccccc2C)C1=O.CN(C)c1ccc(/C=C/C=C2C(=O)NC(=O)NC2=O)cc1.CN(C)c1ccccc1/C=C/C=C1C(=O)NC(=S)NC1=O.Cc1ccc(/C=C/C=C2C(=O)NC(=S)NC2=O)cc1.N#Cc1ccc(/C=C/C=C2C(=O)NC(=O)NC2=O)cc1.O=C1NC(=O)C(=C/C=C/c2ccc(F)cc2)C(=O)N1.O=C1NC(=S)NC(=O)C1=C/C=C/c1cccc(F)c1. The van der Waals surface area contributed by atoms with E-state index < -0.39 is 107 Å². The van der Waals surface area contributed by atoms with Crippen LogP contribution in [0.3, 0.4) is 0 Å². The van der Waals surface area contributed by atoms with Crippen molar-refractivity contribution in [2.75, 3.05) is 44.5 Å². The minimum atomic E-state index is -0.838. The molecule has 0 aromatic heterocycles. The van der Waals surface area contributed by atoms with Crippen molar-refractivity contribution in [2.45, 2.75) is 20.8 Å². The molecule has 7 aliphatic heterocycles. The van der Waals surface area contributed by atoms with Crippen molar-refractivity contribution < 1.29 is 95.1 Å². The van der Waals surface area contributed by atoms with Crippen LogP contribution in [0, 0.1) is 36.8 Å². The van der Waals surface area contributed by atoms with Gasteiger partial charge in [0.15, 0.2) is 15.3 Å². The van der Waals surface area contributed by atoms with E-state index in [1.54, 1.807) is 104 Å². The van der Waals surface area contributed by atoms with Crippen LogP contribution in [0.5, 0.6) is 0 Å². The normalized spacial score (nSPS) is 15.5. The first kappa shape index (κ1) is 107. The predicted octanol–water partition coefficient (Wildman–Crippen LogP) is 9.07.